The van der Waals surface area contributed by atoms with Crippen LogP contribution in [0.2, 0.25) is 0 Å². The summed E-state index contributed by atoms with van der Waals surface area (Å²) in [5.74, 6) is 0.206. The summed E-state index contributed by atoms with van der Waals surface area (Å²) in [5.41, 5.74) is 7.77. The van der Waals surface area contributed by atoms with Crippen LogP contribution in [0.25, 0.3) is 11.2 Å². The van der Waals surface area contributed by atoms with Crippen LogP contribution in [0.1, 0.15) is 11.8 Å². The van der Waals surface area contributed by atoms with E-state index in [0.717, 1.165) is 10.5 Å². The van der Waals surface area contributed by atoms with Crippen LogP contribution in [0.3, 0.4) is 0 Å². The molecule has 0 bridgehead atoms. The van der Waals surface area contributed by atoms with E-state index in [1.165, 1.54) is 18.1 Å². The summed E-state index contributed by atoms with van der Waals surface area (Å²) in [7, 11) is 0. The number of aliphatic hydroxyl groups excluding tert-OH is 3. The predicted octanol–water partition coefficient (Wildman–Crippen LogP) is 0.480. The molecule has 1 aliphatic heterocycles. The summed E-state index contributed by atoms with van der Waals surface area (Å²) in [5, 5.41) is 30.5. The average molecular weight is 389 g/mol. The van der Waals surface area contributed by atoms with Gasteiger partial charge in [-0.1, -0.05) is 30.0 Å². The summed E-state index contributed by atoms with van der Waals surface area (Å²) in [4.78, 5) is 13.7. The van der Waals surface area contributed by atoms with E-state index in [-0.39, 0.29) is 5.82 Å². The van der Waals surface area contributed by atoms with Gasteiger partial charge in [-0.05, 0) is 18.6 Å². The van der Waals surface area contributed by atoms with Crippen LogP contribution in [-0.4, -0.2) is 59.8 Å². The smallest absolute Gasteiger partial charge is 0.177 e. The molecule has 4 rings (SSSR count). The SMILES string of the molecule is Cc1ccccc1Sc1nc2c(N)ncnc2n1[C@@H]1O[C@H](CO)[C@@H](O)[C@H]1O. The Morgan fingerprint density at radius 2 is 2.00 bits per heavy atom. The van der Waals surface area contributed by atoms with E-state index in [1.807, 2.05) is 31.2 Å². The van der Waals surface area contributed by atoms with E-state index < -0.39 is 31.1 Å². The molecule has 0 radical (unpaired) electrons. The molecule has 2 aromatic heterocycles. The minimum absolute atomic E-state index is 0.206. The van der Waals surface area contributed by atoms with Gasteiger partial charge in [-0.3, -0.25) is 4.57 Å². The molecule has 1 aliphatic rings. The molecule has 3 aromatic rings. The first-order valence-electron chi connectivity index (χ1n) is 8.35. The number of anilines is 1. The molecule has 5 N–H and O–H groups in total. The number of nitrogens with two attached hydrogens (primary N) is 1. The van der Waals surface area contributed by atoms with E-state index in [4.69, 9.17) is 10.5 Å². The maximum absolute atomic E-state index is 10.5. The maximum Gasteiger partial charge on any atom is 0.177 e. The van der Waals surface area contributed by atoms with Crippen LogP contribution in [0.4, 0.5) is 5.82 Å². The number of aliphatic hydroxyl groups is 3. The number of aryl methyl sites for hydroxylation is 1. The molecule has 10 heteroatoms. The van der Waals surface area contributed by atoms with Crippen molar-refractivity contribution < 1.29 is 20.1 Å². The molecule has 142 valence electrons. The molecule has 0 saturated carbocycles. The lowest BCUT2D eigenvalue weighted by molar-refractivity contribution is -0.0548. The Labute approximate surface area is 158 Å². The first-order chi connectivity index (χ1) is 13.0. The quantitative estimate of drug-likeness (QED) is 0.501. The second-order valence-corrected chi connectivity index (χ2v) is 7.30. The van der Waals surface area contributed by atoms with Gasteiger partial charge in [0.2, 0.25) is 0 Å². The topological polar surface area (TPSA) is 140 Å². The Kier molecular flexibility index (Phi) is 4.74. The summed E-state index contributed by atoms with van der Waals surface area (Å²) in [6.07, 6.45) is -3.06. The van der Waals surface area contributed by atoms with Crippen molar-refractivity contribution in [2.45, 2.75) is 41.5 Å². The summed E-state index contributed by atoms with van der Waals surface area (Å²) >= 11 is 1.37. The van der Waals surface area contributed by atoms with Gasteiger partial charge in [-0.25, -0.2) is 15.0 Å². The molecule has 0 spiro atoms. The van der Waals surface area contributed by atoms with E-state index in [9.17, 15) is 15.3 Å². The lowest BCUT2D eigenvalue weighted by Crippen LogP contribution is -2.33. The zero-order chi connectivity index (χ0) is 19.1. The van der Waals surface area contributed by atoms with Gasteiger partial charge < -0.3 is 25.8 Å². The van der Waals surface area contributed by atoms with E-state index in [0.29, 0.717) is 16.3 Å². The third-order valence-corrected chi connectivity index (χ3v) is 5.69. The van der Waals surface area contributed by atoms with Crippen molar-refractivity contribution >= 4 is 28.7 Å². The highest BCUT2D eigenvalue weighted by Crippen LogP contribution is 2.39. The van der Waals surface area contributed by atoms with Gasteiger partial charge in [0.1, 0.15) is 24.6 Å². The van der Waals surface area contributed by atoms with Gasteiger partial charge in [0.05, 0.1) is 6.61 Å². The van der Waals surface area contributed by atoms with E-state index >= 15 is 0 Å². The van der Waals surface area contributed by atoms with Crippen LogP contribution < -0.4 is 5.73 Å². The number of ether oxygens (including phenoxy) is 1. The summed E-state index contributed by atoms with van der Waals surface area (Å²) in [6, 6.07) is 7.80. The zero-order valence-electron chi connectivity index (χ0n) is 14.4. The Hall–Kier alpha value is -2.24. The number of aromatic nitrogens is 4. The number of hydrogen-bond acceptors (Lipinski definition) is 9. The van der Waals surface area contributed by atoms with Crippen LogP contribution in [0.15, 0.2) is 40.6 Å². The average Bonchev–Trinajstić information content (AvgIpc) is 3.16. The van der Waals surface area contributed by atoms with Gasteiger partial charge in [0, 0.05) is 4.90 Å². The van der Waals surface area contributed by atoms with Crippen LogP contribution in [0.5, 0.6) is 0 Å². The molecular weight excluding hydrogens is 370 g/mol. The summed E-state index contributed by atoms with van der Waals surface area (Å²) in [6.45, 7) is 1.56. The molecule has 1 aromatic carbocycles. The fourth-order valence-corrected chi connectivity index (χ4v) is 4.07. The molecular formula is C17H19N5O4S. The highest BCUT2D eigenvalue weighted by Gasteiger charge is 2.45. The normalized spacial score (nSPS) is 25.3. The van der Waals surface area contributed by atoms with Crippen molar-refractivity contribution in [1.82, 2.24) is 19.5 Å². The second kappa shape index (κ2) is 7.06. The fourth-order valence-electron chi connectivity index (χ4n) is 3.07. The molecule has 3 heterocycles. The standard InChI is InChI=1S/C17H19N5O4S/c1-8-4-2-3-5-10(8)27-17-21-11-14(18)19-7-20-15(11)22(17)16-13(25)12(24)9(6-23)26-16/h2-5,7,9,12-13,16,23-25H,6H2,1H3,(H2,18,19,20)/t9-,12-,13-,16-/m1/s1. The molecule has 1 fully saturated rings. The van der Waals surface area contributed by atoms with Crippen molar-refractivity contribution in [2.75, 3.05) is 12.3 Å². The van der Waals surface area contributed by atoms with Gasteiger partial charge in [-0.15, -0.1) is 0 Å². The first kappa shape index (κ1) is 18.1. The number of fused-ring (bicyclic) bond motifs is 1. The molecule has 9 nitrogen and oxygen atoms in total. The lowest BCUT2D eigenvalue weighted by atomic mass is 10.1. The first-order valence-corrected chi connectivity index (χ1v) is 9.17. The van der Waals surface area contributed by atoms with Crippen LogP contribution in [0, 0.1) is 6.92 Å². The molecule has 0 amide bonds. The highest BCUT2D eigenvalue weighted by atomic mass is 32.2. The minimum Gasteiger partial charge on any atom is -0.394 e. The van der Waals surface area contributed by atoms with Crippen molar-refractivity contribution in [3.63, 3.8) is 0 Å². The molecule has 1 saturated heterocycles. The molecule has 27 heavy (non-hydrogen) atoms. The number of nitrogens with zero attached hydrogens (tertiary/aromatic N) is 4. The predicted molar refractivity (Wildman–Crippen MR) is 98.0 cm³/mol. The lowest BCUT2D eigenvalue weighted by Gasteiger charge is -2.19. The number of benzene rings is 1. The minimum atomic E-state index is -1.26. The molecule has 4 atom stereocenters. The van der Waals surface area contributed by atoms with Crippen molar-refractivity contribution in [3.8, 4) is 0 Å². The van der Waals surface area contributed by atoms with Gasteiger partial charge in [0.15, 0.2) is 28.4 Å². The number of rotatable bonds is 4. The van der Waals surface area contributed by atoms with E-state index in [2.05, 4.69) is 15.0 Å². The summed E-state index contributed by atoms with van der Waals surface area (Å²) < 4.78 is 7.29. The van der Waals surface area contributed by atoms with Gasteiger partial charge in [0.25, 0.3) is 0 Å². The Balaban J connectivity index is 1.85. The molecule has 0 aliphatic carbocycles. The third kappa shape index (κ3) is 3.05. The van der Waals surface area contributed by atoms with Crippen molar-refractivity contribution in [2.24, 2.45) is 0 Å². The van der Waals surface area contributed by atoms with Gasteiger partial charge in [-0.2, -0.15) is 0 Å². The highest BCUT2D eigenvalue weighted by molar-refractivity contribution is 7.99. The Morgan fingerprint density at radius 1 is 1.22 bits per heavy atom. The van der Waals surface area contributed by atoms with Crippen molar-refractivity contribution in [3.05, 3.63) is 36.2 Å². The fraction of sp³-hybridized carbons (Fsp3) is 0.353. The molecule has 0 unspecified atom stereocenters. The Morgan fingerprint density at radius 3 is 2.70 bits per heavy atom. The Bertz CT molecular complexity index is 981. The van der Waals surface area contributed by atoms with Crippen molar-refractivity contribution in [1.29, 1.82) is 0 Å². The third-order valence-electron chi connectivity index (χ3n) is 4.54. The van der Waals surface area contributed by atoms with Crippen LogP contribution >= 0.6 is 11.8 Å². The largest absolute Gasteiger partial charge is 0.394 e. The van der Waals surface area contributed by atoms with Gasteiger partial charge >= 0.3 is 0 Å². The maximum atomic E-state index is 10.5. The zero-order valence-corrected chi connectivity index (χ0v) is 15.2. The number of hydrogen-bond donors (Lipinski definition) is 4. The number of nitrogen functional groups attached to an aromatic ring is 1. The van der Waals surface area contributed by atoms with E-state index in [1.54, 1.807) is 4.57 Å². The van der Waals surface area contributed by atoms with Crippen LogP contribution in [-0.2, 0) is 4.74 Å². The second-order valence-electron chi connectivity index (χ2n) is 6.29. The number of imidazole rings is 1. The monoisotopic (exact) mass is 389 g/mol.